The zero-order chi connectivity index (χ0) is 16.4. The van der Waals surface area contributed by atoms with Crippen LogP contribution < -0.4 is 20.9 Å². The van der Waals surface area contributed by atoms with Gasteiger partial charge in [0, 0.05) is 0 Å². The number of para-hydroxylation sites is 1. The van der Waals surface area contributed by atoms with Crippen LogP contribution in [-0.4, -0.2) is 22.0 Å². The van der Waals surface area contributed by atoms with Crippen LogP contribution in [0.3, 0.4) is 0 Å². The number of rotatable bonds is 3. The van der Waals surface area contributed by atoms with Crippen LogP contribution in [0.15, 0.2) is 53.3 Å². The fourth-order valence-electron chi connectivity index (χ4n) is 2.35. The summed E-state index contributed by atoms with van der Waals surface area (Å²) < 4.78 is 6.53. The number of aromatic hydroxyl groups is 1. The maximum absolute atomic E-state index is 12.6. The fraction of sp³-hybridized carbons (Fsp3) is 0.0556. The van der Waals surface area contributed by atoms with Gasteiger partial charge in [-0.05, 0) is 35.9 Å². The van der Waals surface area contributed by atoms with Crippen molar-refractivity contribution >= 4 is 12.7 Å². The second-order valence-electron chi connectivity index (χ2n) is 5.06. The predicted molar refractivity (Wildman–Crippen MR) is 89.4 cm³/mol. The maximum atomic E-state index is 12.6. The van der Waals surface area contributed by atoms with Crippen LogP contribution in [0.2, 0.25) is 0 Å². The van der Waals surface area contributed by atoms with Gasteiger partial charge in [0.05, 0.1) is 23.4 Å². The molecule has 5 nitrogen and oxygen atoms in total. The van der Waals surface area contributed by atoms with Gasteiger partial charge in [-0.25, -0.2) is 4.68 Å². The number of nitrogens with zero attached hydrogens (tertiary/aromatic N) is 1. The Kier molecular flexibility index (Phi) is 3.76. The molecule has 2 N–H and O–H groups in total. The standard InChI is InChI=1S/C18H16N2O3/c1-12-15(10-13-8-9-16(21)17(11-13)23-2)18(22)20(19-12)14-6-4-3-5-7-14/h3-11,19,21H,1H2,2H3. The minimum atomic E-state index is -0.187. The van der Waals surface area contributed by atoms with E-state index in [0.717, 1.165) is 11.3 Å². The van der Waals surface area contributed by atoms with Crippen LogP contribution in [0.5, 0.6) is 11.5 Å². The van der Waals surface area contributed by atoms with Crippen molar-refractivity contribution in [2.24, 2.45) is 0 Å². The van der Waals surface area contributed by atoms with Crippen LogP contribution in [-0.2, 0) is 0 Å². The molecular weight excluding hydrogens is 292 g/mol. The number of H-pyrrole nitrogens is 1. The summed E-state index contributed by atoms with van der Waals surface area (Å²) >= 11 is 0. The summed E-state index contributed by atoms with van der Waals surface area (Å²) in [4.78, 5) is 12.6. The summed E-state index contributed by atoms with van der Waals surface area (Å²) in [6.07, 6.45) is 1.71. The molecule has 1 heterocycles. The lowest BCUT2D eigenvalue weighted by Gasteiger charge is -2.03. The summed E-state index contributed by atoms with van der Waals surface area (Å²) in [6, 6.07) is 14.2. The number of ether oxygens (including phenoxy) is 1. The molecule has 0 aliphatic carbocycles. The Morgan fingerprint density at radius 2 is 1.96 bits per heavy atom. The number of hydrogen-bond donors (Lipinski definition) is 2. The number of phenolic OH excluding ortho intramolecular Hbond substituents is 1. The average molecular weight is 308 g/mol. The molecule has 116 valence electrons. The van der Waals surface area contributed by atoms with Gasteiger partial charge in [0.25, 0.3) is 5.56 Å². The summed E-state index contributed by atoms with van der Waals surface area (Å²) in [6.45, 7) is 3.90. The van der Waals surface area contributed by atoms with Crippen molar-refractivity contribution in [2.45, 2.75) is 0 Å². The Hall–Kier alpha value is -3.21. The Bertz CT molecular complexity index is 1000. The number of benzene rings is 2. The number of methoxy groups -OCH3 is 1. The van der Waals surface area contributed by atoms with E-state index in [2.05, 4.69) is 11.7 Å². The quantitative estimate of drug-likeness (QED) is 0.762. The number of phenols is 1. The lowest BCUT2D eigenvalue weighted by molar-refractivity contribution is 0.373. The van der Waals surface area contributed by atoms with E-state index in [4.69, 9.17) is 4.74 Å². The van der Waals surface area contributed by atoms with Gasteiger partial charge in [-0.1, -0.05) is 30.8 Å². The van der Waals surface area contributed by atoms with E-state index >= 15 is 0 Å². The van der Waals surface area contributed by atoms with Crippen LogP contribution in [0.25, 0.3) is 18.3 Å². The molecule has 0 saturated heterocycles. The third kappa shape index (κ3) is 2.76. The molecule has 0 aliphatic rings. The van der Waals surface area contributed by atoms with Crippen molar-refractivity contribution in [1.82, 2.24) is 9.78 Å². The minimum absolute atomic E-state index is 0.0512. The molecular formula is C18H16N2O3. The van der Waals surface area contributed by atoms with Crippen molar-refractivity contribution in [3.05, 3.63) is 75.0 Å². The van der Waals surface area contributed by atoms with Gasteiger partial charge >= 0.3 is 0 Å². The molecule has 0 amide bonds. The molecule has 2 aromatic carbocycles. The van der Waals surface area contributed by atoms with E-state index in [1.807, 2.05) is 30.3 Å². The van der Waals surface area contributed by atoms with Gasteiger partial charge in [-0.3, -0.25) is 9.89 Å². The normalized spacial score (nSPS) is 11.6. The highest BCUT2D eigenvalue weighted by molar-refractivity contribution is 5.55. The van der Waals surface area contributed by atoms with E-state index in [1.54, 1.807) is 18.2 Å². The van der Waals surface area contributed by atoms with Gasteiger partial charge < -0.3 is 9.84 Å². The molecule has 0 atom stereocenters. The first-order valence-electron chi connectivity index (χ1n) is 7.04. The molecule has 23 heavy (non-hydrogen) atoms. The van der Waals surface area contributed by atoms with Crippen molar-refractivity contribution in [1.29, 1.82) is 0 Å². The Balaban J connectivity index is 2.17. The van der Waals surface area contributed by atoms with Gasteiger partial charge in [-0.15, -0.1) is 0 Å². The molecule has 0 fully saturated rings. The summed E-state index contributed by atoms with van der Waals surface area (Å²) in [5, 5.41) is 13.6. The molecule has 5 heteroatoms. The number of nitrogens with one attached hydrogen (secondary N) is 1. The summed E-state index contributed by atoms with van der Waals surface area (Å²) in [5.74, 6) is 0.401. The SMILES string of the molecule is C=c1[nH]n(-c2ccccc2)c(=O)c1=Cc1ccc(O)c(OC)c1. The Labute approximate surface area is 132 Å². The molecule has 0 saturated carbocycles. The first-order chi connectivity index (χ1) is 11.1. The van der Waals surface area contributed by atoms with Crippen LogP contribution in [0.4, 0.5) is 0 Å². The fourth-order valence-corrected chi connectivity index (χ4v) is 2.35. The lowest BCUT2D eigenvalue weighted by atomic mass is 10.1. The molecule has 0 unspecified atom stereocenters. The number of aromatic amines is 1. The van der Waals surface area contributed by atoms with Crippen LogP contribution in [0, 0.1) is 0 Å². The molecule has 0 aliphatic heterocycles. The van der Waals surface area contributed by atoms with E-state index in [1.165, 1.54) is 17.9 Å². The van der Waals surface area contributed by atoms with E-state index < -0.39 is 0 Å². The number of aromatic nitrogens is 2. The molecule has 3 rings (SSSR count). The molecule has 1 aromatic heterocycles. The smallest absolute Gasteiger partial charge is 0.279 e. The molecule has 0 radical (unpaired) electrons. The third-order valence-electron chi connectivity index (χ3n) is 3.53. The predicted octanol–water partition coefficient (Wildman–Crippen LogP) is 1.12. The van der Waals surface area contributed by atoms with Crippen molar-refractivity contribution in [2.75, 3.05) is 7.11 Å². The highest BCUT2D eigenvalue weighted by Crippen LogP contribution is 2.26. The van der Waals surface area contributed by atoms with Crippen LogP contribution in [0.1, 0.15) is 5.56 Å². The van der Waals surface area contributed by atoms with E-state index in [9.17, 15) is 9.90 Å². The largest absolute Gasteiger partial charge is 0.504 e. The van der Waals surface area contributed by atoms with Crippen molar-refractivity contribution in [3.8, 4) is 17.2 Å². The topological polar surface area (TPSA) is 67.2 Å². The van der Waals surface area contributed by atoms with Gasteiger partial charge in [0.15, 0.2) is 11.5 Å². The molecule has 0 bridgehead atoms. The minimum Gasteiger partial charge on any atom is -0.504 e. The van der Waals surface area contributed by atoms with Gasteiger partial charge in [0.1, 0.15) is 0 Å². The second-order valence-corrected chi connectivity index (χ2v) is 5.06. The first-order valence-corrected chi connectivity index (χ1v) is 7.04. The third-order valence-corrected chi connectivity index (χ3v) is 3.53. The number of hydrogen-bond acceptors (Lipinski definition) is 3. The molecule has 3 aromatic rings. The zero-order valence-corrected chi connectivity index (χ0v) is 12.6. The monoisotopic (exact) mass is 308 g/mol. The highest BCUT2D eigenvalue weighted by atomic mass is 16.5. The van der Waals surface area contributed by atoms with E-state index in [-0.39, 0.29) is 11.3 Å². The highest BCUT2D eigenvalue weighted by Gasteiger charge is 2.05. The van der Waals surface area contributed by atoms with Crippen molar-refractivity contribution < 1.29 is 9.84 Å². The zero-order valence-electron chi connectivity index (χ0n) is 12.6. The lowest BCUT2D eigenvalue weighted by Crippen LogP contribution is -2.33. The summed E-state index contributed by atoms with van der Waals surface area (Å²) in [7, 11) is 1.48. The average Bonchev–Trinajstić information content (AvgIpc) is 2.85. The van der Waals surface area contributed by atoms with Crippen LogP contribution >= 0.6 is 0 Å². The summed E-state index contributed by atoms with van der Waals surface area (Å²) in [5.41, 5.74) is 1.29. The van der Waals surface area contributed by atoms with Crippen molar-refractivity contribution in [3.63, 3.8) is 0 Å². The Morgan fingerprint density at radius 3 is 2.65 bits per heavy atom. The maximum Gasteiger partial charge on any atom is 0.279 e. The van der Waals surface area contributed by atoms with E-state index in [0.29, 0.717) is 16.3 Å². The first kappa shape index (κ1) is 14.7. The second kappa shape index (κ2) is 5.88. The van der Waals surface area contributed by atoms with Gasteiger partial charge in [0.2, 0.25) is 0 Å². The van der Waals surface area contributed by atoms with Gasteiger partial charge in [-0.2, -0.15) is 0 Å². The molecule has 0 spiro atoms. The Morgan fingerprint density at radius 1 is 1.22 bits per heavy atom.